The van der Waals surface area contributed by atoms with Crippen LogP contribution < -0.4 is 11.1 Å². The number of amides is 1. The minimum absolute atomic E-state index is 0.197. The van der Waals surface area contributed by atoms with Crippen LogP contribution in [0.15, 0.2) is 30.6 Å². The maximum Gasteiger partial charge on any atom is 0.248 e. The van der Waals surface area contributed by atoms with E-state index in [4.69, 9.17) is 5.73 Å². The quantitative estimate of drug-likeness (QED) is 0.882. The molecule has 19 heavy (non-hydrogen) atoms. The van der Waals surface area contributed by atoms with Gasteiger partial charge in [-0.15, -0.1) is 0 Å². The van der Waals surface area contributed by atoms with Gasteiger partial charge in [0.05, 0.1) is 11.7 Å². The molecular formula is C13H15FN4O. The maximum absolute atomic E-state index is 13.7. The SMILES string of the molecule is CC(Nc1cc(C(N)=O)ccc1F)c1nccn1C. The Labute approximate surface area is 110 Å². The molecule has 1 heterocycles. The molecule has 1 amide bonds. The van der Waals surface area contributed by atoms with Crippen molar-refractivity contribution in [3.63, 3.8) is 0 Å². The molecule has 3 N–H and O–H groups in total. The van der Waals surface area contributed by atoms with Crippen LogP contribution in [0.5, 0.6) is 0 Å². The van der Waals surface area contributed by atoms with E-state index < -0.39 is 11.7 Å². The van der Waals surface area contributed by atoms with E-state index in [9.17, 15) is 9.18 Å². The first-order valence-electron chi connectivity index (χ1n) is 5.82. The number of imidazole rings is 1. The van der Waals surface area contributed by atoms with Gasteiger partial charge in [-0.3, -0.25) is 4.79 Å². The summed E-state index contributed by atoms with van der Waals surface area (Å²) in [5.41, 5.74) is 5.67. The number of carbonyl (C=O) groups is 1. The predicted molar refractivity (Wildman–Crippen MR) is 70.2 cm³/mol. The van der Waals surface area contributed by atoms with Crippen LogP contribution in [0, 0.1) is 5.82 Å². The fourth-order valence-electron chi connectivity index (χ4n) is 1.88. The highest BCUT2D eigenvalue weighted by atomic mass is 19.1. The minimum Gasteiger partial charge on any atom is -0.373 e. The summed E-state index contributed by atoms with van der Waals surface area (Å²) in [7, 11) is 1.86. The summed E-state index contributed by atoms with van der Waals surface area (Å²) in [6, 6.07) is 3.77. The van der Waals surface area contributed by atoms with E-state index in [1.807, 2.05) is 24.7 Å². The lowest BCUT2D eigenvalue weighted by Gasteiger charge is -2.16. The van der Waals surface area contributed by atoms with Gasteiger partial charge in [-0.05, 0) is 25.1 Å². The van der Waals surface area contributed by atoms with E-state index in [-0.39, 0.29) is 17.3 Å². The van der Waals surface area contributed by atoms with Gasteiger partial charge in [0.15, 0.2) is 0 Å². The fraction of sp³-hybridized carbons (Fsp3) is 0.231. The van der Waals surface area contributed by atoms with Crippen molar-refractivity contribution in [2.45, 2.75) is 13.0 Å². The zero-order chi connectivity index (χ0) is 14.0. The molecule has 0 spiro atoms. The first-order valence-corrected chi connectivity index (χ1v) is 5.82. The second kappa shape index (κ2) is 5.09. The molecule has 5 nitrogen and oxygen atoms in total. The van der Waals surface area contributed by atoms with E-state index in [1.165, 1.54) is 18.2 Å². The zero-order valence-electron chi connectivity index (χ0n) is 10.7. The fourth-order valence-corrected chi connectivity index (χ4v) is 1.88. The van der Waals surface area contributed by atoms with Crippen molar-refractivity contribution in [3.05, 3.63) is 47.8 Å². The molecule has 0 saturated heterocycles. The molecule has 0 aliphatic heterocycles. The average Bonchev–Trinajstić information content (AvgIpc) is 2.78. The van der Waals surface area contributed by atoms with Gasteiger partial charge in [0.1, 0.15) is 11.6 Å². The van der Waals surface area contributed by atoms with Crippen molar-refractivity contribution in [2.24, 2.45) is 12.8 Å². The molecule has 1 aromatic carbocycles. The third kappa shape index (κ3) is 2.73. The maximum atomic E-state index is 13.7. The van der Waals surface area contributed by atoms with Crippen LogP contribution >= 0.6 is 0 Å². The van der Waals surface area contributed by atoms with Gasteiger partial charge in [0.25, 0.3) is 0 Å². The highest BCUT2D eigenvalue weighted by molar-refractivity contribution is 5.93. The Bertz CT molecular complexity index is 608. The molecule has 0 saturated carbocycles. The second-order valence-corrected chi connectivity index (χ2v) is 4.32. The number of aromatic nitrogens is 2. The lowest BCUT2D eigenvalue weighted by atomic mass is 10.1. The summed E-state index contributed by atoms with van der Waals surface area (Å²) in [4.78, 5) is 15.3. The molecule has 1 unspecified atom stereocenters. The van der Waals surface area contributed by atoms with E-state index in [1.54, 1.807) is 6.20 Å². The molecule has 1 atom stereocenters. The van der Waals surface area contributed by atoms with Crippen molar-refractivity contribution >= 4 is 11.6 Å². The van der Waals surface area contributed by atoms with Gasteiger partial charge in [-0.25, -0.2) is 9.37 Å². The second-order valence-electron chi connectivity index (χ2n) is 4.32. The molecule has 2 aromatic rings. The lowest BCUT2D eigenvalue weighted by molar-refractivity contribution is 0.100. The topological polar surface area (TPSA) is 72.9 Å². The van der Waals surface area contributed by atoms with E-state index in [2.05, 4.69) is 10.3 Å². The first kappa shape index (κ1) is 13.1. The highest BCUT2D eigenvalue weighted by Crippen LogP contribution is 2.21. The van der Waals surface area contributed by atoms with Crippen LogP contribution in [0.1, 0.15) is 29.1 Å². The third-order valence-electron chi connectivity index (χ3n) is 2.87. The first-order chi connectivity index (χ1) is 8.99. The Morgan fingerprint density at radius 1 is 1.53 bits per heavy atom. The summed E-state index contributed by atoms with van der Waals surface area (Å²) >= 11 is 0. The van der Waals surface area contributed by atoms with Gasteiger partial charge < -0.3 is 15.6 Å². The monoisotopic (exact) mass is 262 g/mol. The largest absolute Gasteiger partial charge is 0.373 e. The normalized spacial score (nSPS) is 12.2. The van der Waals surface area contributed by atoms with Crippen molar-refractivity contribution in [1.82, 2.24) is 9.55 Å². The Hall–Kier alpha value is -2.37. The van der Waals surface area contributed by atoms with Crippen LogP contribution in [-0.4, -0.2) is 15.5 Å². The zero-order valence-corrected chi connectivity index (χ0v) is 10.7. The van der Waals surface area contributed by atoms with Gasteiger partial charge in [-0.2, -0.15) is 0 Å². The van der Waals surface area contributed by atoms with Crippen molar-refractivity contribution in [2.75, 3.05) is 5.32 Å². The van der Waals surface area contributed by atoms with Crippen LogP contribution in [0.3, 0.4) is 0 Å². The molecule has 0 bridgehead atoms. The number of hydrogen-bond donors (Lipinski definition) is 2. The minimum atomic E-state index is -0.590. The Kier molecular flexibility index (Phi) is 3.50. The molecule has 100 valence electrons. The van der Waals surface area contributed by atoms with Crippen molar-refractivity contribution < 1.29 is 9.18 Å². The molecule has 1 aromatic heterocycles. The lowest BCUT2D eigenvalue weighted by Crippen LogP contribution is -2.15. The summed E-state index contributed by atoms with van der Waals surface area (Å²) in [5, 5.41) is 2.98. The molecule has 6 heteroatoms. The van der Waals surface area contributed by atoms with Crippen molar-refractivity contribution in [3.8, 4) is 0 Å². The number of nitrogens with one attached hydrogen (secondary N) is 1. The summed E-state index contributed by atoms with van der Waals surface area (Å²) in [5.74, 6) is -0.261. The molecule has 0 fully saturated rings. The number of nitrogens with zero attached hydrogens (tertiary/aromatic N) is 2. The number of carbonyl (C=O) groups excluding carboxylic acids is 1. The molecular weight excluding hydrogens is 247 g/mol. The van der Waals surface area contributed by atoms with Crippen LogP contribution in [0.25, 0.3) is 0 Å². The van der Waals surface area contributed by atoms with Gasteiger partial charge in [0, 0.05) is 25.0 Å². The molecule has 0 aliphatic carbocycles. The van der Waals surface area contributed by atoms with Gasteiger partial charge in [0.2, 0.25) is 5.91 Å². The molecule has 0 aliphatic rings. The van der Waals surface area contributed by atoms with E-state index in [0.29, 0.717) is 0 Å². The number of aryl methyl sites for hydroxylation is 1. The van der Waals surface area contributed by atoms with Gasteiger partial charge >= 0.3 is 0 Å². The number of primary amides is 1. The van der Waals surface area contributed by atoms with Crippen LogP contribution in [0.2, 0.25) is 0 Å². The molecule has 2 rings (SSSR count). The number of rotatable bonds is 4. The Morgan fingerprint density at radius 2 is 2.26 bits per heavy atom. The van der Waals surface area contributed by atoms with Gasteiger partial charge in [-0.1, -0.05) is 0 Å². The smallest absolute Gasteiger partial charge is 0.248 e. The Balaban J connectivity index is 2.26. The predicted octanol–water partition coefficient (Wildman–Crippen LogP) is 1.83. The average molecular weight is 262 g/mol. The number of hydrogen-bond acceptors (Lipinski definition) is 3. The van der Waals surface area contributed by atoms with E-state index >= 15 is 0 Å². The number of anilines is 1. The van der Waals surface area contributed by atoms with Crippen molar-refractivity contribution in [1.29, 1.82) is 0 Å². The highest BCUT2D eigenvalue weighted by Gasteiger charge is 2.13. The molecule has 0 radical (unpaired) electrons. The summed E-state index contributed by atoms with van der Waals surface area (Å²) in [6.07, 6.45) is 3.48. The van der Waals surface area contributed by atoms with Crippen LogP contribution in [-0.2, 0) is 7.05 Å². The van der Waals surface area contributed by atoms with Crippen LogP contribution in [0.4, 0.5) is 10.1 Å². The standard InChI is InChI=1S/C13H15FN4O/c1-8(13-16-5-6-18(13)2)17-11-7-9(12(15)19)3-4-10(11)14/h3-8,17H,1-2H3,(H2,15,19). The summed E-state index contributed by atoms with van der Waals surface area (Å²) < 4.78 is 15.5. The Morgan fingerprint density at radius 3 is 2.84 bits per heavy atom. The third-order valence-corrected chi connectivity index (χ3v) is 2.87. The number of nitrogens with two attached hydrogens (primary N) is 1. The summed E-state index contributed by atoms with van der Waals surface area (Å²) in [6.45, 7) is 1.86. The number of benzene rings is 1. The number of halogens is 1. The van der Waals surface area contributed by atoms with E-state index in [0.717, 1.165) is 5.82 Å².